The van der Waals surface area contributed by atoms with Crippen molar-refractivity contribution >= 4 is 5.91 Å². The number of nitrogens with one attached hydrogen (secondary N) is 1. The molecular formula is C11H12N4O3. The number of hydrogen-bond donors (Lipinski definition) is 2. The van der Waals surface area contributed by atoms with E-state index in [1.54, 1.807) is 13.0 Å². The zero-order chi connectivity index (χ0) is 13.1. The summed E-state index contributed by atoms with van der Waals surface area (Å²) in [6.45, 7) is 1.85. The number of aryl methyl sites for hydroxylation is 1. The minimum Gasteiger partial charge on any atom is -0.467 e. The molecule has 1 amide bonds. The molecule has 0 spiro atoms. The minimum absolute atomic E-state index is 0.0796. The van der Waals surface area contributed by atoms with Crippen LogP contribution in [0.15, 0.2) is 33.7 Å². The van der Waals surface area contributed by atoms with Crippen LogP contribution in [0, 0.1) is 6.92 Å². The van der Waals surface area contributed by atoms with E-state index in [2.05, 4.69) is 5.10 Å². The largest absolute Gasteiger partial charge is 0.467 e. The van der Waals surface area contributed by atoms with Gasteiger partial charge < -0.3 is 4.42 Å². The van der Waals surface area contributed by atoms with Crippen molar-refractivity contribution in [3.05, 3.63) is 51.8 Å². The van der Waals surface area contributed by atoms with Gasteiger partial charge in [0.05, 0.1) is 17.5 Å². The van der Waals surface area contributed by atoms with E-state index in [0.29, 0.717) is 11.5 Å². The van der Waals surface area contributed by atoms with Crippen LogP contribution in [-0.2, 0) is 6.54 Å². The van der Waals surface area contributed by atoms with Crippen molar-refractivity contribution in [3.8, 4) is 0 Å². The summed E-state index contributed by atoms with van der Waals surface area (Å²) in [5, 5.41) is 4.06. The maximum Gasteiger partial charge on any atom is 0.268 e. The number of furan rings is 1. The van der Waals surface area contributed by atoms with Gasteiger partial charge in [-0.1, -0.05) is 0 Å². The molecule has 3 N–H and O–H groups in total. The SMILES string of the molecule is Cc1ccc(=O)n(Cc2occc2C(=O)NN)n1. The second-order valence-electron chi connectivity index (χ2n) is 3.70. The van der Waals surface area contributed by atoms with E-state index in [1.165, 1.54) is 23.1 Å². The molecule has 0 bridgehead atoms. The fraction of sp³-hybridized carbons (Fsp3) is 0.182. The fourth-order valence-corrected chi connectivity index (χ4v) is 1.54. The number of nitrogen functional groups attached to an aromatic ring is 1. The molecule has 2 aromatic rings. The lowest BCUT2D eigenvalue weighted by Crippen LogP contribution is -2.31. The zero-order valence-corrected chi connectivity index (χ0v) is 9.71. The van der Waals surface area contributed by atoms with Crippen LogP contribution in [0.1, 0.15) is 21.8 Å². The molecule has 0 aromatic carbocycles. The maximum absolute atomic E-state index is 11.6. The average molecular weight is 248 g/mol. The molecule has 0 aliphatic heterocycles. The third kappa shape index (κ3) is 2.30. The van der Waals surface area contributed by atoms with Crippen molar-refractivity contribution in [2.24, 2.45) is 5.84 Å². The highest BCUT2D eigenvalue weighted by Crippen LogP contribution is 2.10. The van der Waals surface area contributed by atoms with Crippen molar-refractivity contribution in [3.63, 3.8) is 0 Å². The molecule has 2 rings (SSSR count). The Hall–Kier alpha value is -2.41. The van der Waals surface area contributed by atoms with E-state index in [-0.39, 0.29) is 17.7 Å². The molecule has 0 saturated heterocycles. The lowest BCUT2D eigenvalue weighted by atomic mass is 10.2. The van der Waals surface area contributed by atoms with Crippen LogP contribution in [0.3, 0.4) is 0 Å². The van der Waals surface area contributed by atoms with Crippen molar-refractivity contribution in [2.75, 3.05) is 0 Å². The molecule has 0 unspecified atom stereocenters. The third-order valence-electron chi connectivity index (χ3n) is 2.41. The molecular weight excluding hydrogens is 236 g/mol. The van der Waals surface area contributed by atoms with E-state index >= 15 is 0 Å². The molecule has 0 aliphatic rings. The molecule has 94 valence electrons. The van der Waals surface area contributed by atoms with Crippen LogP contribution in [0.25, 0.3) is 0 Å². The Morgan fingerprint density at radius 3 is 3.00 bits per heavy atom. The standard InChI is InChI=1S/C11H12N4O3/c1-7-2-3-10(16)15(14-7)6-9-8(4-5-18-9)11(17)13-12/h2-5H,6,12H2,1H3,(H,13,17). The summed E-state index contributed by atoms with van der Waals surface area (Å²) in [6.07, 6.45) is 1.36. The summed E-state index contributed by atoms with van der Waals surface area (Å²) in [6, 6.07) is 4.51. The smallest absolute Gasteiger partial charge is 0.268 e. The van der Waals surface area contributed by atoms with Gasteiger partial charge in [0.1, 0.15) is 12.3 Å². The monoisotopic (exact) mass is 248 g/mol. The van der Waals surface area contributed by atoms with Crippen LogP contribution in [0.5, 0.6) is 0 Å². The second kappa shape index (κ2) is 4.84. The number of aromatic nitrogens is 2. The zero-order valence-electron chi connectivity index (χ0n) is 9.71. The van der Waals surface area contributed by atoms with E-state index in [1.807, 2.05) is 5.43 Å². The van der Waals surface area contributed by atoms with E-state index in [4.69, 9.17) is 10.3 Å². The number of rotatable bonds is 3. The number of hydrogen-bond acceptors (Lipinski definition) is 5. The van der Waals surface area contributed by atoms with Crippen molar-refractivity contribution in [1.29, 1.82) is 0 Å². The predicted molar refractivity (Wildman–Crippen MR) is 62.7 cm³/mol. The Morgan fingerprint density at radius 2 is 2.28 bits per heavy atom. The van der Waals surface area contributed by atoms with Crippen molar-refractivity contribution < 1.29 is 9.21 Å². The molecule has 0 aliphatic carbocycles. The van der Waals surface area contributed by atoms with Crippen molar-refractivity contribution in [2.45, 2.75) is 13.5 Å². The Morgan fingerprint density at radius 1 is 1.50 bits per heavy atom. The lowest BCUT2D eigenvalue weighted by Gasteiger charge is -2.04. The van der Waals surface area contributed by atoms with Gasteiger partial charge in [0.2, 0.25) is 0 Å². The van der Waals surface area contributed by atoms with Crippen LogP contribution >= 0.6 is 0 Å². The number of carbonyl (C=O) groups is 1. The molecule has 0 saturated carbocycles. The van der Waals surface area contributed by atoms with Gasteiger partial charge in [-0.3, -0.25) is 15.0 Å². The summed E-state index contributed by atoms with van der Waals surface area (Å²) in [4.78, 5) is 23.0. The second-order valence-corrected chi connectivity index (χ2v) is 3.70. The number of nitrogens with zero attached hydrogens (tertiary/aromatic N) is 2. The molecule has 0 atom stereocenters. The molecule has 0 radical (unpaired) electrons. The van der Waals surface area contributed by atoms with Gasteiger partial charge in [-0.05, 0) is 19.1 Å². The predicted octanol–water partition coefficient (Wildman–Crippen LogP) is -0.203. The van der Waals surface area contributed by atoms with Crippen LogP contribution in [-0.4, -0.2) is 15.7 Å². The maximum atomic E-state index is 11.6. The first kappa shape index (κ1) is 12.1. The van der Waals surface area contributed by atoms with Gasteiger partial charge in [-0.25, -0.2) is 10.5 Å². The van der Waals surface area contributed by atoms with Gasteiger partial charge in [0, 0.05) is 6.07 Å². The highest BCUT2D eigenvalue weighted by atomic mass is 16.3. The Labute approximate surface area is 102 Å². The van der Waals surface area contributed by atoms with Gasteiger partial charge in [0.25, 0.3) is 11.5 Å². The van der Waals surface area contributed by atoms with E-state index in [0.717, 1.165) is 0 Å². The summed E-state index contributed by atoms with van der Waals surface area (Å²) < 4.78 is 6.39. The molecule has 2 heterocycles. The van der Waals surface area contributed by atoms with Gasteiger partial charge >= 0.3 is 0 Å². The average Bonchev–Trinajstić information content (AvgIpc) is 2.81. The Bertz CT molecular complexity index is 629. The summed E-state index contributed by atoms with van der Waals surface area (Å²) >= 11 is 0. The highest BCUT2D eigenvalue weighted by Gasteiger charge is 2.14. The van der Waals surface area contributed by atoms with Crippen LogP contribution in [0.2, 0.25) is 0 Å². The van der Waals surface area contributed by atoms with Crippen molar-refractivity contribution in [1.82, 2.24) is 15.2 Å². The highest BCUT2D eigenvalue weighted by molar-refractivity contribution is 5.94. The molecule has 7 nitrogen and oxygen atoms in total. The van der Waals surface area contributed by atoms with E-state index in [9.17, 15) is 9.59 Å². The number of amides is 1. The van der Waals surface area contributed by atoms with Gasteiger partial charge in [-0.15, -0.1) is 0 Å². The molecule has 2 aromatic heterocycles. The lowest BCUT2D eigenvalue weighted by molar-refractivity contribution is 0.0951. The Kier molecular flexibility index (Phi) is 3.24. The number of carbonyl (C=O) groups excluding carboxylic acids is 1. The normalized spacial score (nSPS) is 10.3. The first-order valence-electron chi connectivity index (χ1n) is 5.24. The summed E-state index contributed by atoms with van der Waals surface area (Å²) in [5.74, 6) is 4.91. The van der Waals surface area contributed by atoms with E-state index < -0.39 is 5.91 Å². The summed E-state index contributed by atoms with van der Waals surface area (Å²) in [7, 11) is 0. The third-order valence-corrected chi connectivity index (χ3v) is 2.41. The molecule has 7 heteroatoms. The van der Waals surface area contributed by atoms with Gasteiger partial charge in [-0.2, -0.15) is 5.10 Å². The fourth-order valence-electron chi connectivity index (χ4n) is 1.54. The van der Waals surface area contributed by atoms with Crippen LogP contribution < -0.4 is 16.8 Å². The Balaban J connectivity index is 2.35. The number of nitrogens with two attached hydrogens (primary N) is 1. The topological polar surface area (TPSA) is 103 Å². The van der Waals surface area contributed by atoms with Crippen LogP contribution in [0.4, 0.5) is 0 Å². The summed E-state index contributed by atoms with van der Waals surface area (Å²) in [5.41, 5.74) is 2.73. The number of hydrazine groups is 1. The first-order chi connectivity index (χ1) is 8.61. The van der Waals surface area contributed by atoms with Gasteiger partial charge in [0.15, 0.2) is 0 Å². The quantitative estimate of drug-likeness (QED) is 0.444. The first-order valence-corrected chi connectivity index (χ1v) is 5.24. The molecule has 0 fully saturated rings. The minimum atomic E-state index is -0.473. The molecule has 18 heavy (non-hydrogen) atoms.